The van der Waals surface area contributed by atoms with Gasteiger partial charge in [0.05, 0.1) is 13.7 Å². The summed E-state index contributed by atoms with van der Waals surface area (Å²) in [5, 5.41) is 20.2. The van der Waals surface area contributed by atoms with Crippen LogP contribution in [0.4, 0.5) is 10.5 Å². The van der Waals surface area contributed by atoms with Gasteiger partial charge in [-0.3, -0.25) is 15.3 Å². The highest BCUT2D eigenvalue weighted by Crippen LogP contribution is 2.29. The van der Waals surface area contributed by atoms with Gasteiger partial charge in [-0.1, -0.05) is 25.1 Å². The molecule has 0 fully saturated rings. The minimum Gasteiger partial charge on any atom is -0.497 e. The van der Waals surface area contributed by atoms with Crippen LogP contribution in [0.25, 0.3) is 0 Å². The Labute approximate surface area is 180 Å². The summed E-state index contributed by atoms with van der Waals surface area (Å²) >= 11 is 0. The van der Waals surface area contributed by atoms with Crippen molar-refractivity contribution in [1.82, 2.24) is 5.48 Å². The first-order chi connectivity index (χ1) is 15.0. The van der Waals surface area contributed by atoms with Crippen LogP contribution in [0.15, 0.2) is 60.7 Å². The van der Waals surface area contributed by atoms with Crippen LogP contribution < -0.4 is 20.3 Å². The molecule has 0 radical (unpaired) electrons. The Hall–Kier alpha value is -3.56. The molecule has 2 rings (SSSR count). The fourth-order valence-corrected chi connectivity index (χ4v) is 2.71. The van der Waals surface area contributed by atoms with Gasteiger partial charge in [0, 0.05) is 17.7 Å². The molecule has 0 aromatic heterocycles. The van der Waals surface area contributed by atoms with E-state index in [1.54, 1.807) is 62.6 Å². The fraction of sp³-hybridized carbons (Fsp3) is 0.273. The molecule has 9 nitrogen and oxygen atoms in total. The van der Waals surface area contributed by atoms with Crippen molar-refractivity contribution in [3.63, 3.8) is 0 Å². The Morgan fingerprint density at radius 3 is 2.29 bits per heavy atom. The molecular weight excluding hydrogens is 404 g/mol. The average Bonchev–Trinajstić information content (AvgIpc) is 2.80. The van der Waals surface area contributed by atoms with Crippen molar-refractivity contribution in [3.8, 4) is 11.5 Å². The van der Waals surface area contributed by atoms with Gasteiger partial charge in [-0.2, -0.15) is 0 Å². The number of anilines is 1. The largest absolute Gasteiger partial charge is 0.497 e. The van der Waals surface area contributed by atoms with E-state index in [2.05, 4.69) is 5.32 Å². The summed E-state index contributed by atoms with van der Waals surface area (Å²) in [5.74, 6) is 0.118. The number of hydrogen-bond acceptors (Lipinski definition) is 7. The summed E-state index contributed by atoms with van der Waals surface area (Å²) in [4.78, 5) is 23.8. The number of methoxy groups -OCH3 is 1. The standard InChI is InChI=1S/C22H26N2O7/c1-15(3-12-20(26)24-28)21(16-4-8-19(9-5-16)30-14-13-25)31-22(27)23-17-6-10-18(29-2)11-7-17/h3-12,15,21,25,28H,13-14H2,1-2H3,(H,23,27)(H,24,26)/b12-3+/t15-,21+/m0/s1. The van der Waals surface area contributed by atoms with E-state index < -0.39 is 24.0 Å². The average molecular weight is 430 g/mol. The first-order valence-corrected chi connectivity index (χ1v) is 9.54. The maximum Gasteiger partial charge on any atom is 0.412 e. The second kappa shape index (κ2) is 12.2. The molecule has 0 aliphatic heterocycles. The lowest BCUT2D eigenvalue weighted by Gasteiger charge is -2.23. The van der Waals surface area contributed by atoms with Crippen LogP contribution in [0.1, 0.15) is 18.6 Å². The summed E-state index contributed by atoms with van der Waals surface area (Å²) in [6.45, 7) is 1.83. The molecule has 31 heavy (non-hydrogen) atoms. The lowest BCUT2D eigenvalue weighted by molar-refractivity contribution is -0.124. The third-order valence-electron chi connectivity index (χ3n) is 4.28. The van der Waals surface area contributed by atoms with Gasteiger partial charge < -0.3 is 19.3 Å². The number of rotatable bonds is 10. The predicted octanol–water partition coefficient (Wildman–Crippen LogP) is 3.05. The number of amides is 2. The third-order valence-corrected chi connectivity index (χ3v) is 4.28. The normalized spacial score (nSPS) is 12.6. The lowest BCUT2D eigenvalue weighted by Crippen LogP contribution is -2.22. The van der Waals surface area contributed by atoms with Crippen LogP contribution in [0.3, 0.4) is 0 Å². The van der Waals surface area contributed by atoms with Crippen molar-refractivity contribution in [2.75, 3.05) is 25.6 Å². The van der Waals surface area contributed by atoms with Crippen molar-refractivity contribution in [2.45, 2.75) is 13.0 Å². The highest BCUT2D eigenvalue weighted by atomic mass is 16.6. The van der Waals surface area contributed by atoms with Crippen molar-refractivity contribution in [3.05, 3.63) is 66.2 Å². The summed E-state index contributed by atoms with van der Waals surface area (Å²) in [6.07, 6.45) is 1.27. The Bertz CT molecular complexity index is 866. The van der Waals surface area contributed by atoms with E-state index in [0.717, 1.165) is 6.08 Å². The third kappa shape index (κ3) is 7.65. The molecule has 2 aromatic rings. The zero-order chi connectivity index (χ0) is 22.6. The first kappa shape index (κ1) is 23.7. The molecule has 0 aliphatic rings. The van der Waals surface area contributed by atoms with Crippen molar-refractivity contribution >= 4 is 17.7 Å². The van der Waals surface area contributed by atoms with E-state index in [4.69, 9.17) is 24.5 Å². The van der Waals surface area contributed by atoms with Crippen LogP contribution >= 0.6 is 0 Å². The van der Waals surface area contributed by atoms with Gasteiger partial charge in [0.25, 0.3) is 5.91 Å². The minimum atomic E-state index is -0.729. The molecule has 2 aromatic carbocycles. The Morgan fingerprint density at radius 2 is 1.71 bits per heavy atom. The SMILES string of the molecule is COc1ccc(NC(=O)O[C@@H](c2ccc(OCCO)cc2)[C@@H](C)/C=C/C(=O)NO)cc1. The number of benzene rings is 2. The van der Waals surface area contributed by atoms with Gasteiger partial charge in [0.15, 0.2) is 0 Å². The summed E-state index contributed by atoms with van der Waals surface area (Å²) < 4.78 is 16.1. The number of ether oxygens (including phenoxy) is 3. The van der Waals surface area contributed by atoms with E-state index in [0.29, 0.717) is 22.7 Å². The number of hydrogen-bond donors (Lipinski definition) is 4. The number of carbonyl (C=O) groups is 2. The van der Waals surface area contributed by atoms with E-state index in [1.807, 2.05) is 0 Å². The molecule has 0 spiro atoms. The maximum atomic E-state index is 12.5. The predicted molar refractivity (Wildman–Crippen MR) is 113 cm³/mol. The maximum absolute atomic E-state index is 12.5. The quantitative estimate of drug-likeness (QED) is 0.259. The Balaban J connectivity index is 2.16. The molecule has 0 heterocycles. The molecular formula is C22H26N2O7. The summed E-state index contributed by atoms with van der Waals surface area (Å²) in [7, 11) is 1.55. The van der Waals surface area contributed by atoms with Crippen molar-refractivity contribution < 1.29 is 34.1 Å². The number of nitrogens with one attached hydrogen (secondary N) is 2. The molecule has 2 atom stereocenters. The molecule has 9 heteroatoms. The highest BCUT2D eigenvalue weighted by molar-refractivity contribution is 5.86. The molecule has 2 amide bonds. The van der Waals surface area contributed by atoms with E-state index in [-0.39, 0.29) is 13.2 Å². The molecule has 0 bridgehead atoms. The first-order valence-electron chi connectivity index (χ1n) is 9.54. The second-order valence-electron chi connectivity index (χ2n) is 6.51. The Kier molecular flexibility index (Phi) is 9.34. The van der Waals surface area contributed by atoms with Crippen LogP contribution in [0.2, 0.25) is 0 Å². The van der Waals surface area contributed by atoms with Crippen LogP contribution in [-0.2, 0) is 9.53 Å². The number of aliphatic hydroxyl groups is 1. The smallest absolute Gasteiger partial charge is 0.412 e. The number of hydroxylamine groups is 1. The van der Waals surface area contributed by atoms with Crippen molar-refractivity contribution in [1.29, 1.82) is 0 Å². The van der Waals surface area contributed by atoms with Gasteiger partial charge >= 0.3 is 6.09 Å². The highest BCUT2D eigenvalue weighted by Gasteiger charge is 2.22. The minimum absolute atomic E-state index is 0.103. The lowest BCUT2D eigenvalue weighted by atomic mass is 9.96. The van der Waals surface area contributed by atoms with Crippen molar-refractivity contribution in [2.24, 2.45) is 5.92 Å². The molecule has 0 aliphatic carbocycles. The van der Waals surface area contributed by atoms with E-state index in [9.17, 15) is 9.59 Å². The number of carbonyl (C=O) groups excluding carboxylic acids is 2. The molecule has 0 saturated heterocycles. The number of aliphatic hydroxyl groups excluding tert-OH is 1. The van der Waals surface area contributed by atoms with Crippen LogP contribution in [0, 0.1) is 5.92 Å². The zero-order valence-corrected chi connectivity index (χ0v) is 17.3. The zero-order valence-electron chi connectivity index (χ0n) is 17.3. The van der Waals surface area contributed by atoms with E-state index in [1.165, 1.54) is 11.6 Å². The van der Waals surface area contributed by atoms with E-state index >= 15 is 0 Å². The molecule has 0 saturated carbocycles. The fourth-order valence-electron chi connectivity index (χ4n) is 2.71. The van der Waals surface area contributed by atoms with Gasteiger partial charge in [-0.15, -0.1) is 0 Å². The van der Waals surface area contributed by atoms with Crippen LogP contribution in [0.5, 0.6) is 11.5 Å². The van der Waals surface area contributed by atoms with Gasteiger partial charge in [-0.25, -0.2) is 10.3 Å². The van der Waals surface area contributed by atoms with Gasteiger partial charge in [0.1, 0.15) is 24.2 Å². The molecule has 166 valence electrons. The summed E-state index contributed by atoms with van der Waals surface area (Å²) in [6, 6.07) is 13.6. The van der Waals surface area contributed by atoms with Crippen LogP contribution in [-0.4, -0.2) is 42.6 Å². The van der Waals surface area contributed by atoms with Gasteiger partial charge in [-0.05, 0) is 42.0 Å². The topological polar surface area (TPSA) is 126 Å². The molecule has 4 N–H and O–H groups in total. The monoisotopic (exact) mass is 430 g/mol. The Morgan fingerprint density at radius 1 is 1.06 bits per heavy atom. The summed E-state index contributed by atoms with van der Waals surface area (Å²) in [5.41, 5.74) is 2.71. The molecule has 0 unspecified atom stereocenters. The van der Waals surface area contributed by atoms with Gasteiger partial charge in [0.2, 0.25) is 0 Å². The second-order valence-corrected chi connectivity index (χ2v) is 6.51.